The summed E-state index contributed by atoms with van der Waals surface area (Å²) in [6, 6.07) is 12.3. The Balaban J connectivity index is 1.41. The van der Waals surface area contributed by atoms with E-state index in [1.54, 1.807) is 0 Å². The van der Waals surface area contributed by atoms with Gasteiger partial charge in [0.25, 0.3) is 0 Å². The first-order chi connectivity index (χ1) is 15.2. The average molecular weight is 425 g/mol. The number of piperidine rings is 1. The SMILES string of the molecule is O=C1NC(N2CC[C@@H](CO)C2)NC(N[C@@H]2CCCNC2)C1c1ccc2ccccc2n1. The summed E-state index contributed by atoms with van der Waals surface area (Å²) in [7, 11) is 0. The van der Waals surface area contributed by atoms with Crippen LogP contribution in [0.25, 0.3) is 10.9 Å². The second kappa shape index (κ2) is 9.18. The van der Waals surface area contributed by atoms with E-state index in [9.17, 15) is 9.90 Å². The molecule has 0 radical (unpaired) electrons. The number of carbonyl (C=O) groups excluding carboxylic acids is 1. The number of hydrogen-bond acceptors (Lipinski definition) is 7. The fourth-order valence-corrected chi connectivity index (χ4v) is 5.08. The van der Waals surface area contributed by atoms with E-state index < -0.39 is 5.92 Å². The highest BCUT2D eigenvalue weighted by Crippen LogP contribution is 2.26. The molecule has 1 amide bonds. The molecule has 3 unspecified atom stereocenters. The summed E-state index contributed by atoms with van der Waals surface area (Å²) in [5.41, 5.74) is 1.68. The number of nitrogens with one attached hydrogen (secondary N) is 4. The number of likely N-dealkylation sites (tertiary alicyclic amines) is 1. The number of para-hydroxylation sites is 1. The Kier molecular flexibility index (Phi) is 6.15. The third-order valence-corrected chi connectivity index (χ3v) is 6.82. The zero-order valence-electron chi connectivity index (χ0n) is 17.8. The van der Waals surface area contributed by atoms with Gasteiger partial charge in [0, 0.05) is 37.7 Å². The zero-order chi connectivity index (χ0) is 21.2. The van der Waals surface area contributed by atoms with Crippen LogP contribution in [0.3, 0.4) is 0 Å². The number of hydrogen-bond donors (Lipinski definition) is 5. The summed E-state index contributed by atoms with van der Waals surface area (Å²) in [4.78, 5) is 20.4. The van der Waals surface area contributed by atoms with Crippen LogP contribution in [0.4, 0.5) is 0 Å². The summed E-state index contributed by atoms with van der Waals surface area (Å²) in [6.07, 6.45) is 2.71. The van der Waals surface area contributed by atoms with Crippen LogP contribution in [0.1, 0.15) is 30.9 Å². The number of pyridine rings is 1. The van der Waals surface area contributed by atoms with E-state index >= 15 is 0 Å². The minimum absolute atomic E-state index is 0.0137. The highest BCUT2D eigenvalue weighted by molar-refractivity contribution is 5.86. The third kappa shape index (κ3) is 4.44. The van der Waals surface area contributed by atoms with Crippen LogP contribution in [-0.2, 0) is 4.79 Å². The maximum absolute atomic E-state index is 13.4. The molecule has 1 aromatic carbocycles. The molecule has 0 aliphatic carbocycles. The zero-order valence-corrected chi connectivity index (χ0v) is 17.8. The average Bonchev–Trinajstić information content (AvgIpc) is 3.29. The molecule has 1 aromatic heterocycles. The summed E-state index contributed by atoms with van der Waals surface area (Å²) >= 11 is 0. The molecule has 5 N–H and O–H groups in total. The van der Waals surface area contributed by atoms with Crippen molar-refractivity contribution in [3.8, 4) is 0 Å². The van der Waals surface area contributed by atoms with Gasteiger partial charge in [-0.3, -0.25) is 25.3 Å². The second-order valence-corrected chi connectivity index (χ2v) is 9.00. The lowest BCUT2D eigenvalue weighted by molar-refractivity contribution is -0.129. The Morgan fingerprint density at radius 2 is 2.10 bits per heavy atom. The molecular weight excluding hydrogens is 392 g/mol. The van der Waals surface area contributed by atoms with E-state index in [-0.39, 0.29) is 30.9 Å². The normalized spacial score (nSPS) is 32.3. The number of aromatic nitrogens is 1. The first-order valence-corrected chi connectivity index (χ1v) is 11.4. The van der Waals surface area contributed by atoms with Crippen LogP contribution < -0.4 is 21.3 Å². The maximum atomic E-state index is 13.4. The van der Waals surface area contributed by atoms with E-state index in [1.165, 1.54) is 0 Å². The van der Waals surface area contributed by atoms with Crippen molar-refractivity contribution in [1.82, 2.24) is 31.2 Å². The fourth-order valence-electron chi connectivity index (χ4n) is 5.08. The number of benzene rings is 1. The predicted octanol–water partition coefficient (Wildman–Crippen LogP) is 0.303. The van der Waals surface area contributed by atoms with Crippen LogP contribution in [0.2, 0.25) is 0 Å². The molecule has 0 saturated carbocycles. The minimum Gasteiger partial charge on any atom is -0.396 e. The summed E-state index contributed by atoms with van der Waals surface area (Å²) in [6.45, 7) is 3.78. The second-order valence-electron chi connectivity index (χ2n) is 9.00. The van der Waals surface area contributed by atoms with Gasteiger partial charge in [0.1, 0.15) is 12.2 Å². The topological polar surface area (TPSA) is 102 Å². The molecule has 3 saturated heterocycles. The van der Waals surface area contributed by atoms with E-state index in [0.717, 1.165) is 62.0 Å². The Bertz CT molecular complexity index is 918. The van der Waals surface area contributed by atoms with E-state index in [4.69, 9.17) is 4.98 Å². The molecule has 0 spiro atoms. The Labute approximate surface area is 182 Å². The Morgan fingerprint density at radius 1 is 1.19 bits per heavy atom. The van der Waals surface area contributed by atoms with Crippen molar-refractivity contribution in [2.45, 2.75) is 43.7 Å². The van der Waals surface area contributed by atoms with Gasteiger partial charge in [-0.05, 0) is 43.9 Å². The summed E-state index contributed by atoms with van der Waals surface area (Å²) in [5, 5.41) is 24.6. The van der Waals surface area contributed by atoms with E-state index in [0.29, 0.717) is 6.04 Å². The maximum Gasteiger partial charge on any atom is 0.234 e. The third-order valence-electron chi connectivity index (χ3n) is 6.82. The molecule has 0 bridgehead atoms. The summed E-state index contributed by atoms with van der Waals surface area (Å²) in [5.74, 6) is -0.160. The highest BCUT2D eigenvalue weighted by atomic mass is 16.3. The van der Waals surface area contributed by atoms with Crippen LogP contribution in [0.5, 0.6) is 0 Å². The number of amides is 1. The fraction of sp³-hybridized carbons (Fsp3) is 0.565. The van der Waals surface area contributed by atoms with Crippen molar-refractivity contribution in [3.05, 3.63) is 42.1 Å². The molecule has 3 aliphatic heterocycles. The van der Waals surface area contributed by atoms with Gasteiger partial charge in [0.15, 0.2) is 0 Å². The Morgan fingerprint density at radius 3 is 2.90 bits per heavy atom. The number of rotatable bonds is 5. The van der Waals surface area contributed by atoms with E-state index in [1.807, 2.05) is 36.4 Å². The van der Waals surface area contributed by atoms with Crippen molar-refractivity contribution in [2.24, 2.45) is 5.92 Å². The van der Waals surface area contributed by atoms with Gasteiger partial charge in [-0.25, -0.2) is 0 Å². The lowest BCUT2D eigenvalue weighted by Crippen LogP contribution is -2.70. The van der Waals surface area contributed by atoms with Crippen LogP contribution in [0.15, 0.2) is 36.4 Å². The molecular formula is C23H32N6O2. The number of carbonyl (C=O) groups is 1. The molecule has 31 heavy (non-hydrogen) atoms. The molecule has 8 nitrogen and oxygen atoms in total. The van der Waals surface area contributed by atoms with Crippen molar-refractivity contribution in [3.63, 3.8) is 0 Å². The van der Waals surface area contributed by atoms with Crippen LogP contribution in [0, 0.1) is 5.92 Å². The standard InChI is InChI=1S/C23H32N6O2/c30-14-15-9-11-29(13-15)23-27-21(25-17-5-3-10-24-12-17)20(22(31)28-23)19-8-7-16-4-1-2-6-18(16)26-19/h1-2,4,6-8,15,17,20-21,23-25,27,30H,3,5,9-14H2,(H,28,31)/t15-,17-,20?,21?,23?/m1/s1. The van der Waals surface area contributed by atoms with Gasteiger partial charge in [0.05, 0.1) is 17.4 Å². The monoisotopic (exact) mass is 424 g/mol. The molecule has 3 fully saturated rings. The van der Waals surface area contributed by atoms with Crippen molar-refractivity contribution >= 4 is 16.8 Å². The molecule has 5 rings (SSSR count). The van der Waals surface area contributed by atoms with Crippen molar-refractivity contribution in [1.29, 1.82) is 0 Å². The van der Waals surface area contributed by atoms with Gasteiger partial charge in [-0.15, -0.1) is 0 Å². The quantitative estimate of drug-likeness (QED) is 0.471. The van der Waals surface area contributed by atoms with E-state index in [2.05, 4.69) is 26.2 Å². The van der Waals surface area contributed by atoms with Crippen molar-refractivity contribution in [2.75, 3.05) is 32.8 Å². The molecule has 2 aromatic rings. The number of aliphatic hydroxyl groups is 1. The van der Waals surface area contributed by atoms with Crippen LogP contribution in [-0.4, -0.2) is 72.2 Å². The van der Waals surface area contributed by atoms with Gasteiger partial charge < -0.3 is 15.7 Å². The molecule has 3 aliphatic rings. The van der Waals surface area contributed by atoms with Crippen LogP contribution >= 0.6 is 0 Å². The molecule has 166 valence electrons. The Hall–Kier alpha value is -2.10. The minimum atomic E-state index is -0.418. The lowest BCUT2D eigenvalue weighted by Gasteiger charge is -2.43. The predicted molar refractivity (Wildman–Crippen MR) is 119 cm³/mol. The first kappa shape index (κ1) is 20.8. The molecule has 4 heterocycles. The summed E-state index contributed by atoms with van der Waals surface area (Å²) < 4.78 is 0. The van der Waals surface area contributed by atoms with Gasteiger partial charge in [0.2, 0.25) is 5.91 Å². The number of fused-ring (bicyclic) bond motifs is 1. The molecule has 5 atom stereocenters. The smallest absolute Gasteiger partial charge is 0.234 e. The van der Waals surface area contributed by atoms with Crippen molar-refractivity contribution < 1.29 is 9.90 Å². The highest BCUT2D eigenvalue weighted by Gasteiger charge is 2.42. The van der Waals surface area contributed by atoms with Gasteiger partial charge >= 0.3 is 0 Å². The largest absolute Gasteiger partial charge is 0.396 e. The first-order valence-electron chi connectivity index (χ1n) is 11.4. The van der Waals surface area contributed by atoms with Gasteiger partial charge in [-0.1, -0.05) is 24.3 Å². The molecule has 8 heteroatoms. The number of nitrogens with zero attached hydrogens (tertiary/aromatic N) is 2. The number of aliphatic hydroxyl groups excluding tert-OH is 1. The van der Waals surface area contributed by atoms with Gasteiger partial charge in [-0.2, -0.15) is 0 Å². The lowest BCUT2D eigenvalue weighted by atomic mass is 9.95.